The summed E-state index contributed by atoms with van der Waals surface area (Å²) < 4.78 is 14.0. The summed E-state index contributed by atoms with van der Waals surface area (Å²) in [5.74, 6) is 0.956. The number of carbonyl (C=O) groups excluding carboxylic acids is 1. The molecule has 1 amide bonds. The highest BCUT2D eigenvalue weighted by Gasteiger charge is 2.59. The lowest BCUT2D eigenvalue weighted by molar-refractivity contribution is -0.120. The van der Waals surface area contributed by atoms with Crippen LogP contribution in [0.15, 0.2) is 24.4 Å². The number of amides is 1. The van der Waals surface area contributed by atoms with Gasteiger partial charge in [0, 0.05) is 44.0 Å². The Kier molecular flexibility index (Phi) is 5.46. The summed E-state index contributed by atoms with van der Waals surface area (Å²) in [5, 5.41) is 12.4. The molecule has 1 aromatic heterocycles. The normalized spacial score (nSPS) is 20.8. The van der Waals surface area contributed by atoms with E-state index in [1.165, 1.54) is 12.1 Å². The maximum atomic E-state index is 14.0. The van der Waals surface area contributed by atoms with Crippen molar-refractivity contribution in [3.8, 4) is 0 Å². The largest absolute Gasteiger partial charge is 0.396 e. The molecule has 1 saturated heterocycles. The fraction of sp³-hybridized carbons (Fsp3) is 0.522. The van der Waals surface area contributed by atoms with Crippen LogP contribution in [0, 0.1) is 5.82 Å². The van der Waals surface area contributed by atoms with Crippen LogP contribution in [-0.2, 0) is 16.8 Å². The number of halogens is 1. The van der Waals surface area contributed by atoms with Gasteiger partial charge in [0.15, 0.2) is 0 Å². The summed E-state index contributed by atoms with van der Waals surface area (Å²) in [4.78, 5) is 26.3. The molecule has 2 fully saturated rings. The van der Waals surface area contributed by atoms with Crippen LogP contribution in [0.4, 0.5) is 21.8 Å². The van der Waals surface area contributed by atoms with Crippen molar-refractivity contribution in [3.63, 3.8) is 0 Å². The molecule has 8 nitrogen and oxygen atoms in total. The van der Waals surface area contributed by atoms with Crippen molar-refractivity contribution in [1.82, 2.24) is 9.97 Å². The summed E-state index contributed by atoms with van der Waals surface area (Å²) in [7, 11) is 0. The lowest BCUT2D eigenvalue weighted by Gasteiger charge is -2.22. The van der Waals surface area contributed by atoms with Crippen LogP contribution in [-0.4, -0.2) is 53.3 Å². The minimum Gasteiger partial charge on any atom is -0.396 e. The van der Waals surface area contributed by atoms with Crippen molar-refractivity contribution in [2.24, 2.45) is 5.73 Å². The molecule has 4 N–H and O–H groups in total. The van der Waals surface area contributed by atoms with Gasteiger partial charge in [-0.2, -0.15) is 4.98 Å². The van der Waals surface area contributed by atoms with Crippen LogP contribution in [0.5, 0.6) is 0 Å². The number of hydrogen-bond acceptors (Lipinski definition) is 7. The molecule has 9 heteroatoms. The molecular weight excluding hydrogens is 411 g/mol. The summed E-state index contributed by atoms with van der Waals surface area (Å²) in [6, 6.07) is 4.75. The Bertz CT molecular complexity index is 1030. The summed E-state index contributed by atoms with van der Waals surface area (Å²) >= 11 is 0. The zero-order valence-corrected chi connectivity index (χ0v) is 18.1. The standard InChI is InChI=1S/C23H29FN6O2/c24-16-3-4-18-19(11-16)30(21(32)23(18)6-7-23)13-15-12-27-22(29-9-5-17(25)14-29)28-20(15)26-8-1-2-10-31/h3-4,11-12,17,31H,1-2,5-10,13-14,25H2,(H,26,27,28). The zero-order chi connectivity index (χ0) is 22.3. The molecule has 3 heterocycles. The highest BCUT2D eigenvalue weighted by molar-refractivity contribution is 6.10. The number of benzene rings is 1. The van der Waals surface area contributed by atoms with Crippen molar-refractivity contribution in [2.45, 2.75) is 50.1 Å². The number of anilines is 3. The van der Waals surface area contributed by atoms with Gasteiger partial charge in [-0.25, -0.2) is 9.37 Å². The second kappa shape index (κ2) is 8.29. The Morgan fingerprint density at radius 3 is 2.88 bits per heavy atom. The quantitative estimate of drug-likeness (QED) is 0.538. The third-order valence-corrected chi connectivity index (χ3v) is 6.74. The fourth-order valence-electron chi connectivity index (χ4n) is 4.78. The van der Waals surface area contributed by atoms with Crippen LogP contribution < -0.4 is 20.9 Å². The molecule has 32 heavy (non-hydrogen) atoms. The van der Waals surface area contributed by atoms with Gasteiger partial charge in [-0.1, -0.05) is 6.07 Å². The number of unbranched alkanes of at least 4 members (excludes halogenated alkanes) is 1. The molecule has 2 aliphatic heterocycles. The Labute approximate surface area is 186 Å². The Morgan fingerprint density at radius 1 is 1.31 bits per heavy atom. The minimum absolute atomic E-state index is 0.0268. The summed E-state index contributed by atoms with van der Waals surface area (Å²) in [6.45, 7) is 2.58. The van der Waals surface area contributed by atoms with Gasteiger partial charge in [0.1, 0.15) is 11.6 Å². The van der Waals surface area contributed by atoms with Gasteiger partial charge in [-0.05, 0) is 49.8 Å². The first-order valence-electron chi connectivity index (χ1n) is 11.3. The van der Waals surface area contributed by atoms with Crippen LogP contribution in [0.2, 0.25) is 0 Å². The zero-order valence-electron chi connectivity index (χ0n) is 18.1. The second-order valence-electron chi connectivity index (χ2n) is 9.03. The summed E-state index contributed by atoms with van der Waals surface area (Å²) in [6.07, 6.45) is 5.75. The molecule has 170 valence electrons. The van der Waals surface area contributed by atoms with Gasteiger partial charge in [0.25, 0.3) is 0 Å². The van der Waals surface area contributed by atoms with Crippen molar-refractivity contribution < 1.29 is 14.3 Å². The average molecular weight is 441 g/mol. The number of aliphatic hydroxyl groups excluding tert-OH is 1. The van der Waals surface area contributed by atoms with Crippen molar-refractivity contribution >= 4 is 23.4 Å². The third kappa shape index (κ3) is 3.69. The number of nitrogens with zero attached hydrogens (tertiary/aromatic N) is 4. The number of aliphatic hydroxyl groups is 1. The van der Waals surface area contributed by atoms with E-state index in [9.17, 15) is 9.18 Å². The van der Waals surface area contributed by atoms with Gasteiger partial charge < -0.3 is 26.0 Å². The van der Waals surface area contributed by atoms with E-state index in [2.05, 4.69) is 15.2 Å². The molecule has 1 aromatic carbocycles. The number of nitrogens with one attached hydrogen (secondary N) is 1. The van der Waals surface area contributed by atoms with Crippen LogP contribution in [0.1, 0.15) is 43.2 Å². The van der Waals surface area contributed by atoms with Crippen LogP contribution >= 0.6 is 0 Å². The predicted molar refractivity (Wildman–Crippen MR) is 120 cm³/mol. The number of aromatic nitrogens is 2. The molecule has 5 rings (SSSR count). The Hall–Kier alpha value is -2.78. The maximum absolute atomic E-state index is 14.0. The van der Waals surface area contributed by atoms with E-state index in [1.807, 2.05) is 0 Å². The molecule has 1 saturated carbocycles. The molecule has 1 unspecified atom stereocenters. The molecule has 3 aliphatic rings. The Balaban J connectivity index is 1.43. The first-order chi connectivity index (χ1) is 15.5. The maximum Gasteiger partial charge on any atom is 0.238 e. The summed E-state index contributed by atoms with van der Waals surface area (Å²) in [5.41, 5.74) is 7.91. The van der Waals surface area contributed by atoms with E-state index in [-0.39, 0.29) is 30.9 Å². The van der Waals surface area contributed by atoms with Crippen LogP contribution in [0.3, 0.4) is 0 Å². The van der Waals surface area contributed by atoms with E-state index in [4.69, 9.17) is 15.8 Å². The number of hydrogen-bond donors (Lipinski definition) is 3. The number of fused-ring (bicyclic) bond motifs is 2. The first kappa shape index (κ1) is 21.1. The van der Waals surface area contributed by atoms with Gasteiger partial charge >= 0.3 is 0 Å². The van der Waals surface area contributed by atoms with Crippen molar-refractivity contribution in [1.29, 1.82) is 0 Å². The lowest BCUT2D eigenvalue weighted by atomic mass is 9.98. The minimum atomic E-state index is -0.482. The van der Waals surface area contributed by atoms with Gasteiger partial charge in [-0.15, -0.1) is 0 Å². The van der Waals surface area contributed by atoms with E-state index in [0.29, 0.717) is 37.0 Å². The molecule has 0 radical (unpaired) electrons. The van der Waals surface area contributed by atoms with Gasteiger partial charge in [0.05, 0.1) is 17.6 Å². The van der Waals surface area contributed by atoms with Crippen molar-refractivity contribution in [3.05, 3.63) is 41.3 Å². The molecule has 1 spiro atoms. The lowest BCUT2D eigenvalue weighted by Crippen LogP contribution is -2.32. The van der Waals surface area contributed by atoms with E-state index in [0.717, 1.165) is 43.4 Å². The van der Waals surface area contributed by atoms with Gasteiger partial charge in [-0.3, -0.25) is 4.79 Å². The molecule has 1 aliphatic carbocycles. The third-order valence-electron chi connectivity index (χ3n) is 6.74. The topological polar surface area (TPSA) is 108 Å². The number of carbonyl (C=O) groups is 1. The fourth-order valence-corrected chi connectivity index (χ4v) is 4.78. The monoisotopic (exact) mass is 440 g/mol. The second-order valence-corrected chi connectivity index (χ2v) is 9.03. The molecule has 2 aromatic rings. The Morgan fingerprint density at radius 2 is 2.16 bits per heavy atom. The smallest absolute Gasteiger partial charge is 0.238 e. The average Bonchev–Trinajstić information content (AvgIpc) is 3.43. The molecule has 1 atom stereocenters. The van der Waals surface area contributed by atoms with Crippen molar-refractivity contribution in [2.75, 3.05) is 41.4 Å². The van der Waals surface area contributed by atoms with E-state index in [1.54, 1.807) is 17.2 Å². The van der Waals surface area contributed by atoms with E-state index < -0.39 is 5.41 Å². The number of nitrogens with two attached hydrogens (primary N) is 1. The van der Waals surface area contributed by atoms with E-state index >= 15 is 0 Å². The predicted octanol–water partition coefficient (Wildman–Crippen LogP) is 1.92. The van der Waals surface area contributed by atoms with Crippen LogP contribution in [0.25, 0.3) is 0 Å². The highest BCUT2D eigenvalue weighted by atomic mass is 19.1. The molecule has 0 bridgehead atoms. The SMILES string of the molecule is NC1CCN(c2ncc(CN3C(=O)C4(CC4)c4ccc(F)cc43)c(NCCCCO)n2)C1. The number of rotatable bonds is 8. The molecular formula is C23H29FN6O2. The first-order valence-corrected chi connectivity index (χ1v) is 11.3. The van der Waals surface area contributed by atoms with Gasteiger partial charge in [0.2, 0.25) is 11.9 Å². The highest BCUT2D eigenvalue weighted by Crippen LogP contribution is 2.57.